The molecule has 0 saturated heterocycles. The summed E-state index contributed by atoms with van der Waals surface area (Å²) >= 11 is 4.31. The molecule has 0 spiro atoms. The highest BCUT2D eigenvalue weighted by atomic mass is 32.1. The molecular weight excluding hydrogens is 454 g/mol. The highest BCUT2D eigenvalue weighted by molar-refractivity contribution is 7.80. The van der Waals surface area contributed by atoms with Crippen molar-refractivity contribution in [2.45, 2.75) is 90.4 Å². The van der Waals surface area contributed by atoms with Crippen molar-refractivity contribution in [2.75, 3.05) is 12.3 Å². The molecule has 1 aliphatic rings. The maximum absolute atomic E-state index is 13.8. The van der Waals surface area contributed by atoms with E-state index in [1.807, 2.05) is 6.92 Å². The number of phenolic OH excluding ortho intramolecular Hbond substituents is 1. The van der Waals surface area contributed by atoms with E-state index in [0.29, 0.717) is 17.7 Å². The first-order valence-corrected chi connectivity index (χ1v) is 12.6. The molecule has 3 N–H and O–H groups in total. The number of aryl methyl sites for hydroxylation is 1. The van der Waals surface area contributed by atoms with Crippen LogP contribution in [-0.4, -0.2) is 57.9 Å². The lowest BCUT2D eigenvalue weighted by atomic mass is 9.88. The molecule has 1 aromatic carbocycles. The Hall–Kier alpha value is -2.42. The fourth-order valence-corrected chi connectivity index (χ4v) is 4.02. The van der Waals surface area contributed by atoms with Gasteiger partial charge in [0.2, 0.25) is 11.8 Å². The molecule has 190 valence electrons. The smallest absolute Gasteiger partial charge is 0.408 e. The molecule has 9 heteroatoms. The van der Waals surface area contributed by atoms with Crippen LogP contribution in [0.5, 0.6) is 5.75 Å². The van der Waals surface area contributed by atoms with Gasteiger partial charge in [-0.25, -0.2) is 4.79 Å². The van der Waals surface area contributed by atoms with Crippen molar-refractivity contribution in [3.05, 3.63) is 29.3 Å². The highest BCUT2D eigenvalue weighted by Crippen LogP contribution is 2.35. The number of unbranched alkanes of at least 4 members (excludes halogenated alkanes) is 1. The van der Waals surface area contributed by atoms with Crippen LogP contribution in [0.4, 0.5) is 4.79 Å². The lowest BCUT2D eigenvalue weighted by molar-refractivity contribution is -0.147. The molecule has 2 unspecified atom stereocenters. The minimum Gasteiger partial charge on any atom is -0.508 e. The zero-order valence-electron chi connectivity index (χ0n) is 20.9. The molecule has 1 saturated carbocycles. The lowest BCUT2D eigenvalue weighted by Gasteiger charge is -2.43. The molecule has 2 rings (SSSR count). The van der Waals surface area contributed by atoms with Gasteiger partial charge in [-0.15, -0.1) is 0 Å². The van der Waals surface area contributed by atoms with Gasteiger partial charge in [0.25, 0.3) is 0 Å². The molecular formula is C25H39N3O5S. The van der Waals surface area contributed by atoms with Crippen LogP contribution in [0, 0.1) is 6.92 Å². The van der Waals surface area contributed by atoms with E-state index in [-0.39, 0.29) is 29.4 Å². The van der Waals surface area contributed by atoms with Gasteiger partial charge in [-0.2, -0.15) is 12.6 Å². The second kappa shape index (κ2) is 12.3. The van der Waals surface area contributed by atoms with Crippen molar-refractivity contribution in [3.63, 3.8) is 0 Å². The van der Waals surface area contributed by atoms with Crippen molar-refractivity contribution in [2.24, 2.45) is 0 Å². The van der Waals surface area contributed by atoms with E-state index in [4.69, 9.17) is 4.74 Å². The summed E-state index contributed by atoms with van der Waals surface area (Å²) < 4.78 is 5.33. The largest absolute Gasteiger partial charge is 0.508 e. The van der Waals surface area contributed by atoms with Gasteiger partial charge in [0.15, 0.2) is 0 Å². The minimum absolute atomic E-state index is 0.0556. The number of phenols is 1. The maximum atomic E-state index is 13.8. The van der Waals surface area contributed by atoms with Crippen molar-refractivity contribution in [1.29, 1.82) is 0 Å². The Kier molecular flexibility index (Phi) is 10.1. The van der Waals surface area contributed by atoms with Crippen molar-refractivity contribution in [1.82, 2.24) is 15.5 Å². The van der Waals surface area contributed by atoms with Crippen LogP contribution < -0.4 is 10.6 Å². The molecule has 0 heterocycles. The summed E-state index contributed by atoms with van der Waals surface area (Å²) in [6, 6.07) is 2.96. The van der Waals surface area contributed by atoms with E-state index in [1.54, 1.807) is 44.7 Å². The first-order valence-electron chi connectivity index (χ1n) is 12.0. The van der Waals surface area contributed by atoms with Gasteiger partial charge in [0.05, 0.1) is 0 Å². The Morgan fingerprint density at radius 3 is 2.44 bits per heavy atom. The summed E-state index contributed by atoms with van der Waals surface area (Å²) in [6.07, 6.45) is 3.54. The van der Waals surface area contributed by atoms with Crippen molar-refractivity contribution < 1.29 is 24.2 Å². The zero-order chi connectivity index (χ0) is 25.5. The zero-order valence-corrected chi connectivity index (χ0v) is 21.8. The highest BCUT2D eigenvalue weighted by Gasteiger charge is 2.41. The molecule has 2 atom stereocenters. The second-order valence-corrected chi connectivity index (χ2v) is 10.2. The fraction of sp³-hybridized carbons (Fsp3) is 0.640. The fourth-order valence-electron chi connectivity index (χ4n) is 3.77. The van der Waals surface area contributed by atoms with E-state index in [9.17, 15) is 19.5 Å². The van der Waals surface area contributed by atoms with Gasteiger partial charge in [0, 0.05) is 18.3 Å². The molecule has 3 amide bonds. The molecule has 0 aromatic heterocycles. The average molecular weight is 494 g/mol. The Labute approximate surface area is 208 Å². The molecule has 0 radical (unpaired) electrons. The predicted octanol–water partition coefficient (Wildman–Crippen LogP) is 3.86. The van der Waals surface area contributed by atoms with Gasteiger partial charge in [-0.3, -0.25) is 9.59 Å². The number of hydrogen-bond acceptors (Lipinski definition) is 6. The summed E-state index contributed by atoms with van der Waals surface area (Å²) in [5, 5.41) is 15.6. The third-order valence-electron chi connectivity index (χ3n) is 5.79. The SMILES string of the molecule is CCCCNC(=O)C(c1ccc(O)c(C)c1)N(C(=O)C(CS)NC(=O)OC(C)(C)C)C1CCC1. The predicted molar refractivity (Wildman–Crippen MR) is 135 cm³/mol. The van der Waals surface area contributed by atoms with Crippen LogP contribution in [0.2, 0.25) is 0 Å². The number of rotatable bonds is 10. The Bertz CT molecular complexity index is 867. The van der Waals surface area contributed by atoms with Crippen LogP contribution in [0.3, 0.4) is 0 Å². The normalized spacial score (nSPS) is 15.6. The van der Waals surface area contributed by atoms with Crippen LogP contribution in [-0.2, 0) is 14.3 Å². The van der Waals surface area contributed by atoms with E-state index < -0.39 is 23.8 Å². The number of benzene rings is 1. The molecule has 8 nitrogen and oxygen atoms in total. The topological polar surface area (TPSA) is 108 Å². The number of thiol groups is 1. The Morgan fingerprint density at radius 2 is 1.94 bits per heavy atom. The van der Waals surface area contributed by atoms with Gasteiger partial charge in [-0.05, 0) is 76.6 Å². The Morgan fingerprint density at radius 1 is 1.26 bits per heavy atom. The number of nitrogens with zero attached hydrogens (tertiary/aromatic N) is 1. The molecule has 1 aliphatic carbocycles. The van der Waals surface area contributed by atoms with Crippen LogP contribution in [0.25, 0.3) is 0 Å². The number of aromatic hydroxyl groups is 1. The summed E-state index contributed by atoms with van der Waals surface area (Å²) in [5.41, 5.74) is 0.509. The van der Waals surface area contributed by atoms with Crippen molar-refractivity contribution >= 4 is 30.5 Å². The number of carbonyl (C=O) groups is 3. The van der Waals surface area contributed by atoms with E-state index in [1.165, 1.54) is 6.07 Å². The number of alkyl carbamates (subject to hydrolysis) is 1. The number of carbonyl (C=O) groups excluding carboxylic acids is 3. The summed E-state index contributed by atoms with van der Waals surface area (Å²) in [7, 11) is 0. The van der Waals surface area contributed by atoms with Crippen molar-refractivity contribution in [3.8, 4) is 5.75 Å². The van der Waals surface area contributed by atoms with Crippen LogP contribution >= 0.6 is 12.6 Å². The summed E-state index contributed by atoms with van der Waals surface area (Å²) in [6.45, 7) is 9.53. The molecule has 0 bridgehead atoms. The van der Waals surface area contributed by atoms with Gasteiger partial charge in [-0.1, -0.05) is 19.4 Å². The second-order valence-electron chi connectivity index (χ2n) is 9.80. The number of hydrogen-bond donors (Lipinski definition) is 4. The number of nitrogens with one attached hydrogen (secondary N) is 2. The van der Waals surface area contributed by atoms with E-state index in [0.717, 1.165) is 32.1 Å². The van der Waals surface area contributed by atoms with E-state index in [2.05, 4.69) is 23.3 Å². The maximum Gasteiger partial charge on any atom is 0.408 e. The number of ether oxygens (including phenoxy) is 1. The molecule has 1 aromatic rings. The first-order chi connectivity index (χ1) is 16.0. The minimum atomic E-state index is -0.956. The summed E-state index contributed by atoms with van der Waals surface area (Å²) in [5.74, 6) is -0.490. The Balaban J connectivity index is 2.41. The molecule has 0 aliphatic heterocycles. The molecule has 34 heavy (non-hydrogen) atoms. The quantitative estimate of drug-likeness (QED) is 0.292. The summed E-state index contributed by atoms with van der Waals surface area (Å²) in [4.78, 5) is 41.2. The lowest BCUT2D eigenvalue weighted by Crippen LogP contribution is -2.58. The van der Waals surface area contributed by atoms with Gasteiger partial charge < -0.3 is 25.4 Å². The monoisotopic (exact) mass is 493 g/mol. The third kappa shape index (κ3) is 7.55. The third-order valence-corrected chi connectivity index (χ3v) is 6.15. The number of amides is 3. The van der Waals surface area contributed by atoms with Crippen LogP contribution in [0.15, 0.2) is 18.2 Å². The van der Waals surface area contributed by atoms with Gasteiger partial charge in [0.1, 0.15) is 23.4 Å². The van der Waals surface area contributed by atoms with E-state index >= 15 is 0 Å². The first kappa shape index (κ1) is 27.8. The van der Waals surface area contributed by atoms with Crippen LogP contribution in [0.1, 0.15) is 77.0 Å². The standard InChI is InChI=1S/C25H39N3O5S/c1-6-7-13-26-22(30)21(17-11-12-20(29)16(2)14-17)28(18-9-8-10-18)23(31)19(15-34)27-24(32)33-25(3,4)5/h11-12,14,18-19,21,29,34H,6-10,13,15H2,1-5H3,(H,26,30)(H,27,32). The van der Waals surface area contributed by atoms with Gasteiger partial charge >= 0.3 is 6.09 Å². The average Bonchev–Trinajstić information content (AvgIpc) is 2.71. The molecule has 1 fully saturated rings.